The maximum atomic E-state index is 13.3. The summed E-state index contributed by atoms with van der Waals surface area (Å²) in [7, 11) is 0. The number of carbonyl (C=O) groups is 1. The van der Waals surface area contributed by atoms with Gasteiger partial charge in [0.2, 0.25) is 0 Å². The monoisotopic (exact) mass is 388 g/mol. The highest BCUT2D eigenvalue weighted by atomic mass is 19.2. The first-order valence-electron chi connectivity index (χ1n) is 9.07. The van der Waals surface area contributed by atoms with Gasteiger partial charge >= 0.3 is 5.97 Å². The first-order valence-corrected chi connectivity index (χ1v) is 9.07. The SMILES string of the molecule is CC(=Cc1cnc(N[C@@H]2CCN(CCc3ccc(F)c(F)c3)C2)cn1)C(=O)O. The number of aromatic nitrogens is 2. The van der Waals surface area contributed by atoms with E-state index < -0.39 is 17.6 Å². The van der Waals surface area contributed by atoms with Gasteiger partial charge in [0.05, 0.1) is 18.1 Å². The van der Waals surface area contributed by atoms with E-state index in [1.54, 1.807) is 12.3 Å². The van der Waals surface area contributed by atoms with E-state index in [0.29, 0.717) is 17.9 Å². The summed E-state index contributed by atoms with van der Waals surface area (Å²) in [6.45, 7) is 4.01. The molecule has 0 unspecified atom stereocenters. The molecule has 6 nitrogen and oxygen atoms in total. The summed E-state index contributed by atoms with van der Waals surface area (Å²) in [5, 5.41) is 12.2. The molecule has 0 radical (unpaired) electrons. The van der Waals surface area contributed by atoms with Crippen LogP contribution in [0.15, 0.2) is 36.2 Å². The van der Waals surface area contributed by atoms with Gasteiger partial charge in [-0.15, -0.1) is 0 Å². The molecule has 0 amide bonds. The highest BCUT2D eigenvalue weighted by Gasteiger charge is 2.22. The van der Waals surface area contributed by atoms with Crippen molar-refractivity contribution in [2.75, 3.05) is 25.0 Å². The number of hydrogen-bond acceptors (Lipinski definition) is 5. The van der Waals surface area contributed by atoms with Crippen molar-refractivity contribution in [2.24, 2.45) is 0 Å². The number of benzene rings is 1. The maximum absolute atomic E-state index is 13.3. The molecule has 0 spiro atoms. The summed E-state index contributed by atoms with van der Waals surface area (Å²) in [5.41, 5.74) is 1.47. The van der Waals surface area contributed by atoms with Gasteiger partial charge in [-0.2, -0.15) is 0 Å². The summed E-state index contributed by atoms with van der Waals surface area (Å²) in [6.07, 6.45) is 6.19. The number of nitrogens with zero attached hydrogens (tertiary/aromatic N) is 3. The van der Waals surface area contributed by atoms with Gasteiger partial charge in [-0.1, -0.05) is 6.07 Å². The lowest BCUT2D eigenvalue weighted by Crippen LogP contribution is -2.28. The Bertz CT molecular complexity index is 871. The van der Waals surface area contributed by atoms with Crippen molar-refractivity contribution in [1.29, 1.82) is 0 Å². The van der Waals surface area contributed by atoms with Crippen molar-refractivity contribution >= 4 is 17.9 Å². The molecule has 0 aliphatic carbocycles. The van der Waals surface area contributed by atoms with Gasteiger partial charge in [-0.25, -0.2) is 18.6 Å². The minimum absolute atomic E-state index is 0.197. The standard InChI is InChI=1S/C20H22F2N4O2/c1-13(20(27)28)8-16-10-24-19(11-23-16)25-15-5-7-26(12-15)6-4-14-2-3-17(21)18(22)9-14/h2-3,8-11,15H,4-7,12H2,1H3,(H,24,25)(H,27,28)/t15-/m1/s1. The number of nitrogens with one attached hydrogen (secondary N) is 1. The molecule has 1 aliphatic heterocycles. The van der Waals surface area contributed by atoms with E-state index >= 15 is 0 Å². The smallest absolute Gasteiger partial charge is 0.331 e. The van der Waals surface area contributed by atoms with Crippen molar-refractivity contribution < 1.29 is 18.7 Å². The van der Waals surface area contributed by atoms with E-state index in [0.717, 1.165) is 37.7 Å². The molecule has 2 heterocycles. The Morgan fingerprint density at radius 3 is 2.82 bits per heavy atom. The second-order valence-electron chi connectivity index (χ2n) is 6.89. The predicted molar refractivity (Wildman–Crippen MR) is 102 cm³/mol. The largest absolute Gasteiger partial charge is 0.478 e. The van der Waals surface area contributed by atoms with Crippen LogP contribution in [-0.4, -0.2) is 51.6 Å². The van der Waals surface area contributed by atoms with Crippen molar-refractivity contribution in [2.45, 2.75) is 25.8 Å². The fraction of sp³-hybridized carbons (Fsp3) is 0.350. The molecule has 0 bridgehead atoms. The molecule has 8 heteroatoms. The number of halogens is 2. The van der Waals surface area contributed by atoms with Crippen molar-refractivity contribution in [3.8, 4) is 0 Å². The van der Waals surface area contributed by atoms with Gasteiger partial charge in [0.25, 0.3) is 0 Å². The number of carboxylic acids is 1. The van der Waals surface area contributed by atoms with E-state index in [2.05, 4.69) is 20.2 Å². The first kappa shape index (κ1) is 19.9. The Morgan fingerprint density at radius 1 is 1.32 bits per heavy atom. The Morgan fingerprint density at radius 2 is 2.14 bits per heavy atom. The zero-order valence-electron chi connectivity index (χ0n) is 15.5. The summed E-state index contributed by atoms with van der Waals surface area (Å²) in [6, 6.07) is 4.25. The highest BCUT2D eigenvalue weighted by molar-refractivity contribution is 5.91. The molecule has 2 aromatic rings. The average Bonchev–Trinajstić information content (AvgIpc) is 3.11. The normalized spacial score (nSPS) is 17.7. The third-order valence-corrected chi connectivity index (χ3v) is 4.70. The zero-order valence-corrected chi connectivity index (χ0v) is 15.5. The second kappa shape index (κ2) is 8.88. The maximum Gasteiger partial charge on any atom is 0.331 e. The number of hydrogen-bond donors (Lipinski definition) is 2. The molecule has 1 saturated heterocycles. The molecular weight excluding hydrogens is 366 g/mol. The lowest BCUT2D eigenvalue weighted by atomic mass is 10.1. The topological polar surface area (TPSA) is 78.4 Å². The van der Waals surface area contributed by atoms with Crippen molar-refractivity contribution in [3.63, 3.8) is 0 Å². The number of anilines is 1. The molecule has 28 heavy (non-hydrogen) atoms. The van der Waals surface area contributed by atoms with Gasteiger partial charge in [-0.3, -0.25) is 4.98 Å². The van der Waals surface area contributed by atoms with Gasteiger partial charge in [0.1, 0.15) is 5.82 Å². The van der Waals surface area contributed by atoms with Crippen LogP contribution < -0.4 is 5.32 Å². The first-order chi connectivity index (χ1) is 13.4. The fourth-order valence-electron chi connectivity index (χ4n) is 3.12. The van der Waals surface area contributed by atoms with Gasteiger partial charge in [-0.05, 0) is 43.5 Å². The molecule has 1 aromatic heterocycles. The van der Waals surface area contributed by atoms with Crippen molar-refractivity contribution in [1.82, 2.24) is 14.9 Å². The van der Waals surface area contributed by atoms with E-state index in [-0.39, 0.29) is 11.6 Å². The fourth-order valence-corrected chi connectivity index (χ4v) is 3.12. The number of likely N-dealkylation sites (tertiary alicyclic amines) is 1. The number of carboxylic acid groups (broad SMARTS) is 1. The third-order valence-electron chi connectivity index (χ3n) is 4.70. The second-order valence-corrected chi connectivity index (χ2v) is 6.89. The average molecular weight is 388 g/mol. The molecule has 0 saturated carbocycles. The number of rotatable bonds is 7. The summed E-state index contributed by atoms with van der Waals surface area (Å²) in [4.78, 5) is 21.6. The molecule has 1 aliphatic rings. The Kier molecular flexibility index (Phi) is 6.30. The quantitative estimate of drug-likeness (QED) is 0.710. The molecule has 1 aromatic carbocycles. The molecule has 1 atom stereocenters. The van der Waals surface area contributed by atoms with Crippen LogP contribution in [0, 0.1) is 11.6 Å². The van der Waals surface area contributed by atoms with Crippen LogP contribution in [0.4, 0.5) is 14.6 Å². The minimum atomic E-state index is -0.988. The van der Waals surface area contributed by atoms with Crippen LogP contribution >= 0.6 is 0 Å². The van der Waals surface area contributed by atoms with Crippen LogP contribution in [0.1, 0.15) is 24.6 Å². The molecule has 1 fully saturated rings. The summed E-state index contributed by atoms with van der Waals surface area (Å²) >= 11 is 0. The lowest BCUT2D eigenvalue weighted by Gasteiger charge is -2.17. The Hall–Kier alpha value is -2.87. The van der Waals surface area contributed by atoms with E-state index in [1.165, 1.54) is 25.3 Å². The Labute approximate surface area is 161 Å². The zero-order chi connectivity index (χ0) is 20.1. The summed E-state index contributed by atoms with van der Waals surface area (Å²) in [5.74, 6) is -1.99. The van der Waals surface area contributed by atoms with Crippen LogP contribution in [-0.2, 0) is 11.2 Å². The number of aliphatic carboxylic acids is 1. The van der Waals surface area contributed by atoms with Crippen LogP contribution in [0.2, 0.25) is 0 Å². The molecule has 3 rings (SSSR count). The van der Waals surface area contributed by atoms with Crippen LogP contribution in [0.3, 0.4) is 0 Å². The lowest BCUT2D eigenvalue weighted by molar-refractivity contribution is -0.132. The Balaban J connectivity index is 1.48. The predicted octanol–water partition coefficient (Wildman–Crippen LogP) is 2.97. The molecule has 148 valence electrons. The summed E-state index contributed by atoms with van der Waals surface area (Å²) < 4.78 is 26.3. The van der Waals surface area contributed by atoms with Crippen LogP contribution in [0.25, 0.3) is 6.08 Å². The van der Waals surface area contributed by atoms with Gasteiger partial charge in [0.15, 0.2) is 11.6 Å². The van der Waals surface area contributed by atoms with E-state index in [4.69, 9.17) is 5.11 Å². The van der Waals surface area contributed by atoms with Crippen LogP contribution in [0.5, 0.6) is 0 Å². The van der Waals surface area contributed by atoms with Gasteiger partial charge < -0.3 is 15.3 Å². The highest BCUT2D eigenvalue weighted by Crippen LogP contribution is 2.16. The van der Waals surface area contributed by atoms with E-state index in [1.807, 2.05) is 0 Å². The molecular formula is C20H22F2N4O2. The molecule has 2 N–H and O–H groups in total. The van der Waals surface area contributed by atoms with Crippen molar-refractivity contribution in [3.05, 3.63) is 59.1 Å². The van der Waals surface area contributed by atoms with E-state index in [9.17, 15) is 13.6 Å². The minimum Gasteiger partial charge on any atom is -0.478 e. The third kappa shape index (κ3) is 5.32. The van der Waals surface area contributed by atoms with Gasteiger partial charge in [0, 0.05) is 31.2 Å².